The predicted molar refractivity (Wildman–Crippen MR) is 52.3 cm³/mol. The molecule has 0 aromatic heterocycles. The van der Waals surface area contributed by atoms with Crippen LogP contribution in [0.4, 0.5) is 4.79 Å². The second-order valence-electron chi connectivity index (χ2n) is 3.52. The molecule has 1 fully saturated rings. The molecule has 0 radical (unpaired) electrons. The highest BCUT2D eigenvalue weighted by atomic mass is 16.4. The number of carbonyl (C=O) groups is 1. The Morgan fingerprint density at radius 3 is 2.86 bits per heavy atom. The van der Waals surface area contributed by atoms with Crippen LogP contribution in [0.15, 0.2) is 0 Å². The molecule has 0 bridgehead atoms. The zero-order chi connectivity index (χ0) is 10.6. The molecule has 1 saturated heterocycles. The topological polar surface area (TPSA) is 72.8 Å². The van der Waals surface area contributed by atoms with Crippen molar-refractivity contribution in [2.24, 2.45) is 0 Å². The van der Waals surface area contributed by atoms with Crippen molar-refractivity contribution >= 4 is 6.09 Å². The Hall–Kier alpha value is -0.810. The Bertz CT molecular complexity index is 196. The molecule has 5 heteroatoms. The van der Waals surface area contributed by atoms with Gasteiger partial charge in [0.2, 0.25) is 0 Å². The van der Waals surface area contributed by atoms with Crippen LogP contribution in [-0.4, -0.2) is 53.0 Å². The molecule has 0 spiro atoms. The maximum atomic E-state index is 10.9. The van der Waals surface area contributed by atoms with Crippen LogP contribution in [0.25, 0.3) is 0 Å². The average molecular weight is 202 g/mol. The Kier molecular flexibility index (Phi) is 4.16. The predicted octanol–water partition coefficient (Wildman–Crippen LogP) is 0.0992. The lowest BCUT2D eigenvalue weighted by molar-refractivity contribution is 0.0838. The summed E-state index contributed by atoms with van der Waals surface area (Å²) in [5, 5.41) is 21.1. The lowest BCUT2D eigenvalue weighted by Crippen LogP contribution is -2.59. The molecule has 0 aromatic carbocycles. The summed E-state index contributed by atoms with van der Waals surface area (Å²) in [5.74, 6) is 0. The number of aliphatic hydroxyl groups is 1. The summed E-state index contributed by atoms with van der Waals surface area (Å²) < 4.78 is 0. The first-order valence-electron chi connectivity index (χ1n) is 5.04. The van der Waals surface area contributed by atoms with E-state index in [1.54, 1.807) is 0 Å². The first-order chi connectivity index (χ1) is 6.70. The first-order valence-corrected chi connectivity index (χ1v) is 5.04. The number of hydrogen-bond donors (Lipinski definition) is 3. The van der Waals surface area contributed by atoms with E-state index in [1.165, 1.54) is 4.90 Å². The molecule has 2 unspecified atom stereocenters. The van der Waals surface area contributed by atoms with Crippen molar-refractivity contribution in [3.05, 3.63) is 0 Å². The molecule has 1 aliphatic rings. The monoisotopic (exact) mass is 202 g/mol. The minimum absolute atomic E-state index is 0.00611. The Labute approximate surface area is 83.7 Å². The summed E-state index contributed by atoms with van der Waals surface area (Å²) in [6.07, 6.45) is 0.535. The molecule has 5 nitrogen and oxygen atoms in total. The van der Waals surface area contributed by atoms with Crippen molar-refractivity contribution in [2.45, 2.75) is 31.8 Å². The molecule has 82 valence electrons. The van der Waals surface area contributed by atoms with E-state index in [9.17, 15) is 4.79 Å². The van der Waals surface area contributed by atoms with Gasteiger partial charge in [0.05, 0.1) is 6.04 Å². The van der Waals surface area contributed by atoms with Gasteiger partial charge in [-0.3, -0.25) is 0 Å². The van der Waals surface area contributed by atoms with Crippen LogP contribution in [0.2, 0.25) is 0 Å². The van der Waals surface area contributed by atoms with Gasteiger partial charge in [0.25, 0.3) is 0 Å². The van der Waals surface area contributed by atoms with E-state index in [0.29, 0.717) is 19.5 Å². The number of carboxylic acid groups (broad SMARTS) is 1. The summed E-state index contributed by atoms with van der Waals surface area (Å²) in [7, 11) is 0. The number of aliphatic hydroxyl groups excluding tert-OH is 1. The molecule has 1 amide bonds. The molecule has 0 aliphatic carbocycles. The van der Waals surface area contributed by atoms with Gasteiger partial charge in [0.15, 0.2) is 0 Å². The third kappa shape index (κ3) is 2.36. The SMILES string of the molecule is CCC1C(CCO)NCCN1C(=O)O. The largest absolute Gasteiger partial charge is 0.465 e. The zero-order valence-corrected chi connectivity index (χ0v) is 8.44. The Balaban J connectivity index is 2.64. The molecule has 1 heterocycles. The molecule has 1 aliphatic heterocycles. The van der Waals surface area contributed by atoms with E-state index in [1.807, 2.05) is 6.92 Å². The molecule has 3 N–H and O–H groups in total. The lowest BCUT2D eigenvalue weighted by Gasteiger charge is -2.39. The number of amides is 1. The van der Waals surface area contributed by atoms with E-state index in [-0.39, 0.29) is 18.7 Å². The fraction of sp³-hybridized carbons (Fsp3) is 0.889. The minimum Gasteiger partial charge on any atom is -0.465 e. The van der Waals surface area contributed by atoms with Gasteiger partial charge in [-0.15, -0.1) is 0 Å². The van der Waals surface area contributed by atoms with Crippen LogP contribution in [0.5, 0.6) is 0 Å². The van der Waals surface area contributed by atoms with Crippen LogP contribution in [0, 0.1) is 0 Å². The molecule has 14 heavy (non-hydrogen) atoms. The number of nitrogens with one attached hydrogen (secondary N) is 1. The molecule has 2 atom stereocenters. The molecule has 1 rings (SSSR count). The zero-order valence-electron chi connectivity index (χ0n) is 8.44. The molecule has 0 saturated carbocycles. The van der Waals surface area contributed by atoms with Crippen molar-refractivity contribution in [3.8, 4) is 0 Å². The Morgan fingerprint density at radius 1 is 1.64 bits per heavy atom. The number of hydrogen-bond acceptors (Lipinski definition) is 3. The van der Waals surface area contributed by atoms with Crippen LogP contribution in [0.3, 0.4) is 0 Å². The van der Waals surface area contributed by atoms with Crippen LogP contribution in [0.1, 0.15) is 19.8 Å². The fourth-order valence-corrected chi connectivity index (χ4v) is 2.07. The molecular formula is C9H18N2O3. The maximum Gasteiger partial charge on any atom is 0.407 e. The van der Waals surface area contributed by atoms with Crippen molar-refractivity contribution in [1.82, 2.24) is 10.2 Å². The van der Waals surface area contributed by atoms with Crippen LogP contribution in [-0.2, 0) is 0 Å². The second kappa shape index (κ2) is 5.17. The molecular weight excluding hydrogens is 184 g/mol. The number of rotatable bonds is 3. The normalized spacial score (nSPS) is 27.7. The summed E-state index contributed by atoms with van der Waals surface area (Å²) >= 11 is 0. The van der Waals surface area contributed by atoms with E-state index < -0.39 is 6.09 Å². The third-order valence-electron chi connectivity index (χ3n) is 2.73. The Morgan fingerprint density at radius 2 is 2.36 bits per heavy atom. The van der Waals surface area contributed by atoms with Gasteiger partial charge in [-0.1, -0.05) is 6.92 Å². The number of piperazine rings is 1. The standard InChI is InChI=1S/C9H18N2O3/c1-2-8-7(3-6-12)10-4-5-11(8)9(13)14/h7-8,10,12H,2-6H2,1H3,(H,13,14). The van der Waals surface area contributed by atoms with Crippen LogP contribution >= 0.6 is 0 Å². The van der Waals surface area contributed by atoms with Gasteiger partial charge in [0.1, 0.15) is 0 Å². The van der Waals surface area contributed by atoms with Gasteiger partial charge >= 0.3 is 6.09 Å². The van der Waals surface area contributed by atoms with E-state index in [2.05, 4.69) is 5.32 Å². The molecule has 0 aromatic rings. The highest BCUT2D eigenvalue weighted by Gasteiger charge is 2.32. The van der Waals surface area contributed by atoms with Gasteiger partial charge in [0, 0.05) is 25.7 Å². The summed E-state index contributed by atoms with van der Waals surface area (Å²) in [6.45, 7) is 3.28. The number of nitrogens with zero attached hydrogens (tertiary/aromatic N) is 1. The van der Waals surface area contributed by atoms with Gasteiger partial charge in [-0.2, -0.15) is 0 Å². The van der Waals surface area contributed by atoms with Crippen molar-refractivity contribution < 1.29 is 15.0 Å². The van der Waals surface area contributed by atoms with Gasteiger partial charge < -0.3 is 20.4 Å². The second-order valence-corrected chi connectivity index (χ2v) is 3.52. The smallest absolute Gasteiger partial charge is 0.407 e. The van der Waals surface area contributed by atoms with E-state index >= 15 is 0 Å². The highest BCUT2D eigenvalue weighted by Crippen LogP contribution is 2.15. The van der Waals surface area contributed by atoms with Gasteiger partial charge in [-0.25, -0.2) is 4.79 Å². The maximum absolute atomic E-state index is 10.9. The summed E-state index contributed by atoms with van der Waals surface area (Å²) in [4.78, 5) is 12.4. The summed E-state index contributed by atoms with van der Waals surface area (Å²) in [5.41, 5.74) is 0. The van der Waals surface area contributed by atoms with E-state index in [4.69, 9.17) is 10.2 Å². The minimum atomic E-state index is -0.860. The van der Waals surface area contributed by atoms with E-state index in [0.717, 1.165) is 6.42 Å². The highest BCUT2D eigenvalue weighted by molar-refractivity contribution is 5.65. The van der Waals surface area contributed by atoms with Crippen molar-refractivity contribution in [3.63, 3.8) is 0 Å². The lowest BCUT2D eigenvalue weighted by atomic mass is 9.99. The third-order valence-corrected chi connectivity index (χ3v) is 2.73. The van der Waals surface area contributed by atoms with Crippen molar-refractivity contribution in [1.29, 1.82) is 0 Å². The average Bonchev–Trinajstić information content (AvgIpc) is 2.18. The van der Waals surface area contributed by atoms with Gasteiger partial charge in [-0.05, 0) is 12.8 Å². The van der Waals surface area contributed by atoms with Crippen molar-refractivity contribution in [2.75, 3.05) is 19.7 Å². The fourth-order valence-electron chi connectivity index (χ4n) is 2.07. The first kappa shape index (κ1) is 11.3. The van der Waals surface area contributed by atoms with Crippen LogP contribution < -0.4 is 5.32 Å². The summed E-state index contributed by atoms with van der Waals surface area (Å²) in [6, 6.07) is 0.0863. The quantitative estimate of drug-likeness (QED) is 0.607.